The van der Waals surface area contributed by atoms with Crippen LogP contribution in [0.25, 0.3) is 9.88 Å². The first kappa shape index (κ1) is 24.6. The van der Waals surface area contributed by atoms with E-state index < -0.39 is 11.3 Å². The molecule has 1 fully saturated rings. The molecule has 1 aliphatic heterocycles. The molecule has 3 atom stereocenters. The van der Waals surface area contributed by atoms with E-state index in [9.17, 15) is 4.21 Å². The molecule has 13 heteroatoms. The van der Waals surface area contributed by atoms with E-state index in [0.717, 1.165) is 43.4 Å². The third kappa shape index (κ3) is 6.55. The number of anilines is 1. The average molecular weight is 563 g/mol. The minimum absolute atomic E-state index is 0.151. The lowest BCUT2D eigenvalue weighted by Crippen LogP contribution is -2.32. The van der Waals surface area contributed by atoms with Crippen LogP contribution < -0.4 is 15.6 Å². The Morgan fingerprint density at radius 2 is 2.03 bits per heavy atom. The van der Waals surface area contributed by atoms with Gasteiger partial charge in [0.1, 0.15) is 5.01 Å². The normalized spacial score (nSPS) is 18.5. The second kappa shape index (κ2) is 11.3. The maximum Gasteiger partial charge on any atom is 0.259 e. The Labute approximate surface area is 221 Å². The zero-order valence-electron chi connectivity index (χ0n) is 18.5. The summed E-state index contributed by atoms with van der Waals surface area (Å²) in [6, 6.07) is 11.4. The molecule has 3 aromatic heterocycles. The van der Waals surface area contributed by atoms with Gasteiger partial charge in [0.05, 0.1) is 32.7 Å². The number of nitrogens with one attached hydrogen (secondary N) is 3. The van der Waals surface area contributed by atoms with Crippen molar-refractivity contribution < 1.29 is 8.76 Å². The Bertz CT molecular complexity index is 1320. The second-order valence-electron chi connectivity index (χ2n) is 7.69. The first-order valence-corrected chi connectivity index (χ1v) is 15.3. The number of hydrazine groups is 1. The van der Waals surface area contributed by atoms with Gasteiger partial charge >= 0.3 is 0 Å². The molecule has 0 saturated carbocycles. The highest BCUT2D eigenvalue weighted by Gasteiger charge is 2.24. The zero-order chi connectivity index (χ0) is 24.2. The molecular formula is C22H22N6O2S5. The van der Waals surface area contributed by atoms with Crippen LogP contribution in [0.3, 0.4) is 0 Å². The summed E-state index contributed by atoms with van der Waals surface area (Å²) in [4.78, 5) is 15.7. The summed E-state index contributed by atoms with van der Waals surface area (Å²) in [7, 11) is 0. The summed E-state index contributed by atoms with van der Waals surface area (Å²) >= 11 is 4.53. The molecule has 8 nitrogen and oxygen atoms in total. The van der Waals surface area contributed by atoms with Gasteiger partial charge in [0.25, 0.3) is 11.3 Å². The molecule has 4 N–H and O–H groups in total. The average Bonchev–Trinajstić information content (AvgIpc) is 3.63. The number of rotatable bonds is 9. The number of aromatic nitrogens is 2. The molecule has 35 heavy (non-hydrogen) atoms. The van der Waals surface area contributed by atoms with Crippen LogP contribution in [0.2, 0.25) is 0 Å². The Kier molecular flexibility index (Phi) is 7.92. The zero-order valence-corrected chi connectivity index (χ0v) is 22.6. The number of nitrogens with zero attached hydrogens (tertiary/aromatic N) is 3. The topological polar surface area (TPSA) is 112 Å². The van der Waals surface area contributed by atoms with Gasteiger partial charge in [-0.1, -0.05) is 30.0 Å². The Morgan fingerprint density at radius 3 is 2.74 bits per heavy atom. The highest BCUT2D eigenvalue weighted by molar-refractivity contribution is 8.14. The molecule has 2 unspecified atom stereocenters. The predicted octanol–water partition coefficient (Wildman–Crippen LogP) is 5.23. The van der Waals surface area contributed by atoms with E-state index in [-0.39, 0.29) is 11.4 Å². The second-order valence-corrected chi connectivity index (χ2v) is 12.5. The van der Waals surface area contributed by atoms with Crippen LogP contribution in [-0.2, 0) is 24.1 Å². The highest BCUT2D eigenvalue weighted by Crippen LogP contribution is 2.33. The largest absolute Gasteiger partial charge is 0.299 e. The van der Waals surface area contributed by atoms with Crippen LogP contribution in [0.4, 0.5) is 5.69 Å². The van der Waals surface area contributed by atoms with Crippen molar-refractivity contribution in [2.24, 2.45) is 4.99 Å². The van der Waals surface area contributed by atoms with E-state index >= 15 is 0 Å². The third-order valence-corrected chi connectivity index (χ3v) is 9.24. The molecule has 182 valence electrons. The van der Waals surface area contributed by atoms with Crippen LogP contribution in [0, 0.1) is 6.92 Å². The lowest BCUT2D eigenvalue weighted by Gasteiger charge is -2.12. The first-order chi connectivity index (χ1) is 17.0. The van der Waals surface area contributed by atoms with Crippen molar-refractivity contribution in [2.45, 2.75) is 31.2 Å². The van der Waals surface area contributed by atoms with Gasteiger partial charge < -0.3 is 0 Å². The van der Waals surface area contributed by atoms with Gasteiger partial charge in [0.2, 0.25) is 0 Å². The molecule has 0 amide bonds. The van der Waals surface area contributed by atoms with Crippen molar-refractivity contribution in [1.29, 1.82) is 0 Å². The molecule has 4 aromatic rings. The van der Waals surface area contributed by atoms with Crippen molar-refractivity contribution in [1.82, 2.24) is 20.8 Å². The van der Waals surface area contributed by atoms with Crippen molar-refractivity contribution in [3.63, 3.8) is 0 Å². The molecule has 0 spiro atoms. The summed E-state index contributed by atoms with van der Waals surface area (Å²) in [5.41, 5.74) is 10.2. The smallest absolute Gasteiger partial charge is 0.259 e. The van der Waals surface area contributed by atoms with E-state index in [0.29, 0.717) is 12.1 Å². The molecule has 0 bridgehead atoms. The minimum atomic E-state index is -2.10. The van der Waals surface area contributed by atoms with Crippen molar-refractivity contribution in [2.75, 3.05) is 4.72 Å². The SMILES string of the molecule is Cc1nc(CC2NNC(=N[C@@H](Cc3ccc(NS(=O)O)cc3)c3csc(-c4cccs4)n3)S2)cs1. The molecule has 1 aliphatic rings. The summed E-state index contributed by atoms with van der Waals surface area (Å²) in [6.07, 6.45) is 1.46. The van der Waals surface area contributed by atoms with Gasteiger partial charge in [0, 0.05) is 29.3 Å². The monoisotopic (exact) mass is 562 g/mol. The minimum Gasteiger partial charge on any atom is -0.299 e. The van der Waals surface area contributed by atoms with Gasteiger partial charge in [-0.25, -0.2) is 19.6 Å². The molecular weight excluding hydrogens is 541 g/mol. The maximum absolute atomic E-state index is 11.0. The fraction of sp³-hybridized carbons (Fsp3) is 0.227. The van der Waals surface area contributed by atoms with E-state index in [2.05, 4.69) is 42.8 Å². The van der Waals surface area contributed by atoms with E-state index in [1.165, 1.54) is 0 Å². The quantitative estimate of drug-likeness (QED) is 0.207. The molecule has 1 saturated heterocycles. The van der Waals surface area contributed by atoms with Gasteiger partial charge in [-0.05, 0) is 36.1 Å². The lowest BCUT2D eigenvalue weighted by atomic mass is 10.0. The van der Waals surface area contributed by atoms with Gasteiger partial charge in [0.15, 0.2) is 5.17 Å². The summed E-state index contributed by atoms with van der Waals surface area (Å²) < 4.78 is 22.5. The summed E-state index contributed by atoms with van der Waals surface area (Å²) in [6.45, 7) is 2.02. The van der Waals surface area contributed by atoms with Gasteiger partial charge in [-0.3, -0.25) is 19.7 Å². The van der Waals surface area contributed by atoms with E-state index in [1.807, 2.05) is 25.1 Å². The Morgan fingerprint density at radius 1 is 1.17 bits per heavy atom. The predicted molar refractivity (Wildman–Crippen MR) is 148 cm³/mol. The number of thioether (sulfide) groups is 1. The standard InChI is InChI=1S/C22H22N6O2S5/c1-13-23-16(11-32-13)10-20-26-27-22(34-20)25-17(9-14-4-6-15(7-5-14)28-35(29)30)18-12-33-21(24-18)19-3-2-8-31-19/h2-8,11-12,17,20,26,28H,9-10H2,1H3,(H,25,27)(H,29,30)/t17-,20?/m0/s1. The Balaban J connectivity index is 1.35. The van der Waals surface area contributed by atoms with Gasteiger partial charge in [-0.15, -0.1) is 34.0 Å². The fourth-order valence-electron chi connectivity index (χ4n) is 3.53. The number of thiophene rings is 1. The summed E-state index contributed by atoms with van der Waals surface area (Å²) in [5.74, 6) is 0. The number of amidine groups is 1. The van der Waals surface area contributed by atoms with Crippen LogP contribution in [0.1, 0.15) is 28.0 Å². The number of hydrogen-bond acceptors (Lipinski definition) is 9. The molecule has 1 aromatic carbocycles. The lowest BCUT2D eigenvalue weighted by molar-refractivity contribution is 0.570. The number of hydrogen-bond donors (Lipinski definition) is 4. The van der Waals surface area contributed by atoms with Crippen LogP contribution in [0.15, 0.2) is 57.5 Å². The van der Waals surface area contributed by atoms with Crippen molar-refractivity contribution >= 4 is 67.9 Å². The van der Waals surface area contributed by atoms with Crippen LogP contribution in [0.5, 0.6) is 0 Å². The highest BCUT2D eigenvalue weighted by atomic mass is 32.2. The van der Waals surface area contributed by atoms with Crippen LogP contribution in [-0.4, -0.2) is 29.3 Å². The number of thiazole rings is 2. The maximum atomic E-state index is 11.0. The Hall–Kier alpha value is -2.13. The first-order valence-electron chi connectivity index (χ1n) is 10.6. The molecule has 0 radical (unpaired) electrons. The van der Waals surface area contributed by atoms with E-state index in [4.69, 9.17) is 14.5 Å². The summed E-state index contributed by atoms with van der Waals surface area (Å²) in [5, 5.41) is 9.27. The van der Waals surface area contributed by atoms with Crippen molar-refractivity contribution in [3.05, 3.63) is 74.5 Å². The van der Waals surface area contributed by atoms with E-state index in [1.54, 1.807) is 57.9 Å². The number of aryl methyl sites for hydroxylation is 1. The third-order valence-electron chi connectivity index (χ3n) is 5.11. The molecule has 4 heterocycles. The molecule has 5 rings (SSSR count). The van der Waals surface area contributed by atoms with Crippen molar-refractivity contribution in [3.8, 4) is 9.88 Å². The van der Waals surface area contributed by atoms with Gasteiger partial charge in [-0.2, -0.15) is 0 Å². The number of benzene rings is 1. The number of aliphatic imine (C=N–C) groups is 1. The molecule has 0 aliphatic carbocycles. The van der Waals surface area contributed by atoms with Crippen LogP contribution >= 0.6 is 45.8 Å². The fourth-order valence-corrected chi connectivity index (χ4v) is 7.12.